The summed E-state index contributed by atoms with van der Waals surface area (Å²) in [6, 6.07) is 3.48. The summed E-state index contributed by atoms with van der Waals surface area (Å²) in [6.45, 7) is 0. The predicted molar refractivity (Wildman–Crippen MR) is 63.3 cm³/mol. The van der Waals surface area contributed by atoms with Crippen LogP contribution in [0.15, 0.2) is 18.3 Å². The lowest BCUT2D eigenvalue weighted by molar-refractivity contribution is -0.141. The fourth-order valence-electron chi connectivity index (χ4n) is 1.78. The van der Waals surface area contributed by atoms with Crippen molar-refractivity contribution in [2.24, 2.45) is 0 Å². The quantitative estimate of drug-likeness (QED) is 0.741. The van der Waals surface area contributed by atoms with Gasteiger partial charge in [0, 0.05) is 26.1 Å². The predicted octanol–water partition coefficient (Wildman–Crippen LogP) is 0.759. The van der Waals surface area contributed by atoms with E-state index in [-0.39, 0.29) is 18.3 Å². The number of amides is 1. The SMILES string of the molecule is COC(=O)CCC1Oc2cccnc2N(C)C1=O. The Bertz CT molecular complexity index is 475. The molecule has 18 heavy (non-hydrogen) atoms. The molecule has 2 rings (SSSR count). The molecule has 1 aliphatic heterocycles. The minimum Gasteiger partial charge on any atom is -0.477 e. The van der Waals surface area contributed by atoms with Gasteiger partial charge in [-0.1, -0.05) is 0 Å². The molecule has 2 heterocycles. The summed E-state index contributed by atoms with van der Waals surface area (Å²) >= 11 is 0. The molecule has 1 atom stereocenters. The molecule has 0 saturated carbocycles. The average Bonchev–Trinajstić information content (AvgIpc) is 2.41. The molecule has 1 aliphatic rings. The zero-order valence-electron chi connectivity index (χ0n) is 10.3. The van der Waals surface area contributed by atoms with Crippen LogP contribution >= 0.6 is 0 Å². The summed E-state index contributed by atoms with van der Waals surface area (Å²) in [4.78, 5) is 28.6. The van der Waals surface area contributed by atoms with Crippen molar-refractivity contribution in [1.29, 1.82) is 0 Å². The van der Waals surface area contributed by atoms with E-state index in [4.69, 9.17) is 4.74 Å². The van der Waals surface area contributed by atoms with Crippen LogP contribution in [0.4, 0.5) is 5.82 Å². The van der Waals surface area contributed by atoms with Crippen molar-refractivity contribution in [2.45, 2.75) is 18.9 Å². The van der Waals surface area contributed by atoms with E-state index in [1.807, 2.05) is 0 Å². The Balaban J connectivity index is 2.12. The first-order valence-corrected chi connectivity index (χ1v) is 5.59. The number of fused-ring (bicyclic) bond motifs is 1. The second-order valence-corrected chi connectivity index (χ2v) is 3.94. The lowest BCUT2D eigenvalue weighted by Gasteiger charge is -2.30. The summed E-state index contributed by atoms with van der Waals surface area (Å²) in [5.74, 6) is 0.488. The number of nitrogens with zero attached hydrogens (tertiary/aromatic N) is 2. The largest absolute Gasteiger partial charge is 0.477 e. The first-order valence-electron chi connectivity index (χ1n) is 5.59. The van der Waals surface area contributed by atoms with Crippen LogP contribution in [0.2, 0.25) is 0 Å². The highest BCUT2D eigenvalue weighted by atomic mass is 16.5. The number of anilines is 1. The second kappa shape index (κ2) is 5.03. The molecule has 0 radical (unpaired) electrons. The molecule has 1 aromatic rings. The number of carbonyl (C=O) groups excluding carboxylic acids is 2. The molecule has 6 heteroatoms. The number of pyridine rings is 1. The number of esters is 1. The zero-order chi connectivity index (χ0) is 13.1. The smallest absolute Gasteiger partial charge is 0.305 e. The topological polar surface area (TPSA) is 68.7 Å². The van der Waals surface area contributed by atoms with Gasteiger partial charge >= 0.3 is 5.97 Å². The maximum Gasteiger partial charge on any atom is 0.305 e. The Morgan fingerprint density at radius 2 is 2.39 bits per heavy atom. The van der Waals surface area contributed by atoms with Crippen molar-refractivity contribution >= 4 is 17.7 Å². The van der Waals surface area contributed by atoms with Gasteiger partial charge in [0.05, 0.1) is 7.11 Å². The number of hydrogen-bond acceptors (Lipinski definition) is 5. The summed E-state index contributed by atoms with van der Waals surface area (Å²) in [7, 11) is 2.96. The molecule has 0 spiro atoms. The van der Waals surface area contributed by atoms with Gasteiger partial charge in [0.15, 0.2) is 17.7 Å². The molecule has 0 bridgehead atoms. The molecular weight excluding hydrogens is 236 g/mol. The number of hydrogen-bond donors (Lipinski definition) is 0. The monoisotopic (exact) mass is 250 g/mol. The number of likely N-dealkylation sites (N-methyl/N-ethyl adjacent to an activating group) is 1. The molecule has 0 fully saturated rings. The lowest BCUT2D eigenvalue weighted by Crippen LogP contribution is -2.44. The van der Waals surface area contributed by atoms with Crippen molar-refractivity contribution < 1.29 is 19.1 Å². The van der Waals surface area contributed by atoms with Gasteiger partial charge in [0.25, 0.3) is 5.91 Å². The van der Waals surface area contributed by atoms with E-state index < -0.39 is 6.10 Å². The van der Waals surface area contributed by atoms with Crippen LogP contribution in [-0.4, -0.2) is 37.1 Å². The van der Waals surface area contributed by atoms with Gasteiger partial charge in [-0.2, -0.15) is 0 Å². The third-order valence-electron chi connectivity index (χ3n) is 2.78. The maximum absolute atomic E-state index is 12.0. The molecule has 0 aliphatic carbocycles. The van der Waals surface area contributed by atoms with E-state index in [1.165, 1.54) is 12.0 Å². The fourth-order valence-corrected chi connectivity index (χ4v) is 1.78. The third-order valence-corrected chi connectivity index (χ3v) is 2.78. The molecule has 1 aromatic heterocycles. The van der Waals surface area contributed by atoms with E-state index in [9.17, 15) is 9.59 Å². The van der Waals surface area contributed by atoms with Crippen molar-refractivity contribution in [2.75, 3.05) is 19.1 Å². The number of ether oxygens (including phenoxy) is 2. The van der Waals surface area contributed by atoms with Gasteiger partial charge < -0.3 is 9.47 Å². The summed E-state index contributed by atoms with van der Waals surface area (Å²) in [5.41, 5.74) is 0. The molecule has 6 nitrogen and oxygen atoms in total. The standard InChI is InChI=1S/C12H14N2O4/c1-14-11-8(4-3-7-13-11)18-9(12(14)16)5-6-10(15)17-2/h3-4,7,9H,5-6H2,1-2H3. The second-order valence-electron chi connectivity index (χ2n) is 3.94. The van der Waals surface area contributed by atoms with E-state index in [0.29, 0.717) is 18.0 Å². The Kier molecular flexibility index (Phi) is 3.45. The number of carbonyl (C=O) groups is 2. The van der Waals surface area contributed by atoms with Crippen LogP contribution in [0.3, 0.4) is 0 Å². The molecule has 1 amide bonds. The highest BCUT2D eigenvalue weighted by Gasteiger charge is 2.33. The van der Waals surface area contributed by atoms with E-state index >= 15 is 0 Å². The zero-order valence-corrected chi connectivity index (χ0v) is 10.3. The van der Waals surface area contributed by atoms with Gasteiger partial charge in [0.2, 0.25) is 0 Å². The van der Waals surface area contributed by atoms with Gasteiger partial charge in [-0.05, 0) is 12.1 Å². The Morgan fingerprint density at radius 3 is 3.11 bits per heavy atom. The van der Waals surface area contributed by atoms with Crippen molar-refractivity contribution in [3.05, 3.63) is 18.3 Å². The van der Waals surface area contributed by atoms with Gasteiger partial charge in [-0.3, -0.25) is 14.5 Å². The highest BCUT2D eigenvalue weighted by Crippen LogP contribution is 2.31. The van der Waals surface area contributed by atoms with Crippen LogP contribution < -0.4 is 9.64 Å². The molecule has 0 saturated heterocycles. The molecule has 0 N–H and O–H groups in total. The minimum absolute atomic E-state index is 0.149. The van der Waals surface area contributed by atoms with E-state index in [1.54, 1.807) is 25.4 Å². The average molecular weight is 250 g/mol. The molecule has 96 valence electrons. The maximum atomic E-state index is 12.0. The van der Waals surface area contributed by atoms with Gasteiger partial charge in [0.1, 0.15) is 0 Å². The number of aromatic nitrogens is 1. The van der Waals surface area contributed by atoms with Crippen LogP contribution in [0.5, 0.6) is 5.75 Å². The number of methoxy groups -OCH3 is 1. The van der Waals surface area contributed by atoms with Crippen molar-refractivity contribution in [1.82, 2.24) is 4.98 Å². The number of rotatable bonds is 3. The Hall–Kier alpha value is -2.11. The first kappa shape index (κ1) is 12.3. The third kappa shape index (κ3) is 2.27. The van der Waals surface area contributed by atoms with Gasteiger partial charge in [-0.25, -0.2) is 4.98 Å². The van der Waals surface area contributed by atoms with Crippen LogP contribution in [0.25, 0.3) is 0 Å². The van der Waals surface area contributed by atoms with Gasteiger partial charge in [-0.15, -0.1) is 0 Å². The lowest BCUT2D eigenvalue weighted by atomic mass is 10.1. The molecule has 1 unspecified atom stereocenters. The summed E-state index contributed by atoms with van der Waals surface area (Å²) < 4.78 is 10.1. The van der Waals surface area contributed by atoms with Crippen LogP contribution in [0.1, 0.15) is 12.8 Å². The van der Waals surface area contributed by atoms with E-state index in [2.05, 4.69) is 9.72 Å². The Labute approximate surface area is 105 Å². The Morgan fingerprint density at radius 1 is 1.61 bits per heavy atom. The van der Waals surface area contributed by atoms with Crippen molar-refractivity contribution in [3.8, 4) is 5.75 Å². The normalized spacial score (nSPS) is 18.0. The fraction of sp³-hybridized carbons (Fsp3) is 0.417. The summed E-state index contributed by atoms with van der Waals surface area (Å²) in [6.07, 6.45) is 1.38. The van der Waals surface area contributed by atoms with E-state index in [0.717, 1.165) is 0 Å². The minimum atomic E-state index is -0.661. The van der Waals surface area contributed by atoms with Crippen molar-refractivity contribution in [3.63, 3.8) is 0 Å². The van der Waals surface area contributed by atoms with Crippen LogP contribution in [-0.2, 0) is 14.3 Å². The first-order chi connectivity index (χ1) is 8.63. The summed E-state index contributed by atoms with van der Waals surface area (Å²) in [5, 5.41) is 0. The molecule has 0 aromatic carbocycles. The highest BCUT2D eigenvalue weighted by molar-refractivity contribution is 5.98. The van der Waals surface area contributed by atoms with Crippen LogP contribution in [0, 0.1) is 0 Å². The molecular formula is C12H14N2O4.